The fourth-order valence-corrected chi connectivity index (χ4v) is 2.73. The summed E-state index contributed by atoms with van der Waals surface area (Å²) in [6, 6.07) is 0. The lowest BCUT2D eigenvalue weighted by molar-refractivity contribution is 0.0517. The minimum absolute atomic E-state index is 0.158. The first kappa shape index (κ1) is 14.7. The molecule has 1 saturated heterocycles. The molecule has 0 aliphatic carbocycles. The number of esters is 1. The number of hydrogen-bond acceptors (Lipinski definition) is 7. The molecule has 0 spiro atoms. The van der Waals surface area contributed by atoms with Crippen LogP contribution in [0.15, 0.2) is 4.52 Å². The van der Waals surface area contributed by atoms with E-state index in [9.17, 15) is 4.79 Å². The first-order valence-electron chi connectivity index (χ1n) is 7.66. The molecule has 0 aromatic carbocycles. The molecule has 118 valence electrons. The second-order valence-corrected chi connectivity index (χ2v) is 5.70. The predicted molar refractivity (Wildman–Crippen MR) is 80.9 cm³/mol. The van der Waals surface area contributed by atoms with Crippen molar-refractivity contribution in [3.8, 4) is 0 Å². The summed E-state index contributed by atoms with van der Waals surface area (Å²) in [5.41, 5.74) is 0.495. The third-order valence-corrected chi connectivity index (χ3v) is 3.98. The van der Waals surface area contributed by atoms with Gasteiger partial charge in [0.25, 0.3) is 5.71 Å². The van der Waals surface area contributed by atoms with E-state index >= 15 is 0 Å². The molecule has 2 aromatic heterocycles. The molecule has 3 rings (SSSR count). The highest BCUT2D eigenvalue weighted by molar-refractivity contribution is 6.04. The van der Waals surface area contributed by atoms with E-state index in [1.807, 2.05) is 6.92 Å². The lowest BCUT2D eigenvalue weighted by atomic mass is 9.99. The third kappa shape index (κ3) is 2.63. The minimum atomic E-state index is -0.500. The van der Waals surface area contributed by atoms with Gasteiger partial charge in [-0.1, -0.05) is 12.1 Å². The number of ether oxygens (including phenoxy) is 1. The van der Waals surface area contributed by atoms with Crippen LogP contribution in [0.25, 0.3) is 11.1 Å². The van der Waals surface area contributed by atoms with Crippen LogP contribution < -0.4 is 4.90 Å². The van der Waals surface area contributed by atoms with Gasteiger partial charge in [-0.2, -0.15) is 4.98 Å². The van der Waals surface area contributed by atoms with Crippen molar-refractivity contribution in [2.45, 2.75) is 33.6 Å². The number of hydrogen-bond donors (Lipinski definition) is 0. The summed E-state index contributed by atoms with van der Waals surface area (Å²) >= 11 is 0. The molecular weight excluding hydrogens is 284 g/mol. The molecule has 0 amide bonds. The first-order chi connectivity index (χ1) is 10.6. The Morgan fingerprint density at radius 2 is 2.09 bits per heavy atom. The smallest absolute Gasteiger partial charge is 0.361 e. The third-order valence-electron chi connectivity index (χ3n) is 3.98. The standard InChI is InChI=1S/C15H20N4O3/c1-4-21-15(20)12-11-13(19-7-5-9(2)6-8-19)16-10(3)17-14(11)22-18-12/h9H,4-8H2,1-3H3. The SMILES string of the molecule is CCOC(=O)c1noc2nc(C)nc(N3CCC(C)CC3)c12. The van der Waals surface area contributed by atoms with Crippen LogP contribution in [0.1, 0.15) is 43.0 Å². The van der Waals surface area contributed by atoms with Crippen LogP contribution in [0.5, 0.6) is 0 Å². The van der Waals surface area contributed by atoms with Gasteiger partial charge in [0.15, 0.2) is 0 Å². The molecule has 7 nitrogen and oxygen atoms in total. The zero-order chi connectivity index (χ0) is 15.7. The van der Waals surface area contributed by atoms with Crippen molar-refractivity contribution >= 4 is 22.9 Å². The van der Waals surface area contributed by atoms with Gasteiger partial charge in [-0.3, -0.25) is 0 Å². The molecule has 2 aromatic rings. The van der Waals surface area contributed by atoms with Gasteiger partial charge in [-0.25, -0.2) is 9.78 Å². The summed E-state index contributed by atoms with van der Waals surface area (Å²) < 4.78 is 10.3. The number of anilines is 1. The van der Waals surface area contributed by atoms with E-state index in [0.717, 1.165) is 31.7 Å². The fraction of sp³-hybridized carbons (Fsp3) is 0.600. The van der Waals surface area contributed by atoms with Gasteiger partial charge >= 0.3 is 5.97 Å². The lowest BCUT2D eigenvalue weighted by Crippen LogP contribution is -2.33. The molecular formula is C15H20N4O3. The second-order valence-electron chi connectivity index (χ2n) is 5.70. The highest BCUT2D eigenvalue weighted by Crippen LogP contribution is 2.30. The molecule has 22 heavy (non-hydrogen) atoms. The summed E-state index contributed by atoms with van der Waals surface area (Å²) in [4.78, 5) is 23.0. The average molecular weight is 304 g/mol. The Balaban J connectivity index is 2.07. The number of rotatable bonds is 3. The van der Waals surface area contributed by atoms with Gasteiger partial charge in [0, 0.05) is 13.1 Å². The number of aromatic nitrogens is 3. The Hall–Kier alpha value is -2.18. The zero-order valence-electron chi connectivity index (χ0n) is 13.1. The van der Waals surface area contributed by atoms with Crippen molar-refractivity contribution in [1.82, 2.24) is 15.1 Å². The maximum Gasteiger partial charge on any atom is 0.361 e. The molecule has 7 heteroatoms. The molecule has 1 aliphatic heterocycles. The Bertz CT molecular complexity index is 689. The number of carbonyl (C=O) groups excluding carboxylic acids is 1. The predicted octanol–water partition coefficient (Wildman–Crippen LogP) is 2.34. The molecule has 0 unspecified atom stereocenters. The number of piperidine rings is 1. The highest BCUT2D eigenvalue weighted by Gasteiger charge is 2.27. The van der Waals surface area contributed by atoms with Gasteiger partial charge < -0.3 is 14.2 Å². The van der Waals surface area contributed by atoms with E-state index in [-0.39, 0.29) is 12.3 Å². The van der Waals surface area contributed by atoms with Gasteiger partial charge in [0.1, 0.15) is 17.0 Å². The van der Waals surface area contributed by atoms with Gasteiger partial charge in [-0.05, 0) is 32.6 Å². The summed E-state index contributed by atoms with van der Waals surface area (Å²) in [5.74, 6) is 1.54. The molecule has 0 saturated carbocycles. The van der Waals surface area contributed by atoms with E-state index in [1.54, 1.807) is 6.92 Å². The molecule has 0 bridgehead atoms. The van der Waals surface area contributed by atoms with Gasteiger partial charge in [0.2, 0.25) is 5.69 Å². The molecule has 1 fully saturated rings. The molecule has 1 aliphatic rings. The van der Waals surface area contributed by atoms with Crippen molar-refractivity contribution in [2.75, 3.05) is 24.6 Å². The normalized spacial score (nSPS) is 16.2. The van der Waals surface area contributed by atoms with Crippen molar-refractivity contribution in [3.63, 3.8) is 0 Å². The van der Waals surface area contributed by atoms with E-state index in [2.05, 4.69) is 26.9 Å². The first-order valence-corrected chi connectivity index (χ1v) is 7.66. The molecule has 0 radical (unpaired) electrons. The van der Waals surface area contributed by atoms with Gasteiger partial charge in [-0.15, -0.1) is 0 Å². The summed E-state index contributed by atoms with van der Waals surface area (Å²) in [6.07, 6.45) is 2.20. The van der Waals surface area contributed by atoms with E-state index in [4.69, 9.17) is 9.26 Å². The van der Waals surface area contributed by atoms with Crippen LogP contribution in [0.4, 0.5) is 5.82 Å². The van der Waals surface area contributed by atoms with E-state index in [1.165, 1.54) is 0 Å². The summed E-state index contributed by atoms with van der Waals surface area (Å²) in [5, 5.41) is 4.40. The Kier molecular flexibility index (Phi) is 3.96. The van der Waals surface area contributed by atoms with Crippen LogP contribution in [-0.4, -0.2) is 40.8 Å². The van der Waals surface area contributed by atoms with Crippen LogP contribution in [0.2, 0.25) is 0 Å². The lowest BCUT2D eigenvalue weighted by Gasteiger charge is -2.31. The Morgan fingerprint density at radius 3 is 2.77 bits per heavy atom. The number of fused-ring (bicyclic) bond motifs is 1. The number of aryl methyl sites for hydroxylation is 1. The van der Waals surface area contributed by atoms with E-state index < -0.39 is 5.97 Å². The van der Waals surface area contributed by atoms with Crippen LogP contribution in [0.3, 0.4) is 0 Å². The monoisotopic (exact) mass is 304 g/mol. The second kappa shape index (κ2) is 5.90. The Labute approximate surface area is 128 Å². The number of carbonyl (C=O) groups is 1. The minimum Gasteiger partial charge on any atom is -0.461 e. The largest absolute Gasteiger partial charge is 0.461 e. The quantitative estimate of drug-likeness (QED) is 0.805. The van der Waals surface area contributed by atoms with Crippen LogP contribution >= 0.6 is 0 Å². The maximum absolute atomic E-state index is 12.1. The van der Waals surface area contributed by atoms with Crippen LogP contribution in [-0.2, 0) is 4.74 Å². The fourth-order valence-electron chi connectivity index (χ4n) is 2.73. The molecule has 0 atom stereocenters. The van der Waals surface area contributed by atoms with Gasteiger partial charge in [0.05, 0.1) is 6.61 Å². The number of nitrogens with zero attached hydrogens (tertiary/aromatic N) is 4. The van der Waals surface area contributed by atoms with Crippen LogP contribution in [0, 0.1) is 12.8 Å². The molecule has 3 heterocycles. The summed E-state index contributed by atoms with van der Waals surface area (Å²) in [7, 11) is 0. The van der Waals surface area contributed by atoms with E-state index in [0.29, 0.717) is 22.8 Å². The maximum atomic E-state index is 12.1. The van der Waals surface area contributed by atoms with Crippen molar-refractivity contribution < 1.29 is 14.1 Å². The van der Waals surface area contributed by atoms with Crippen molar-refractivity contribution in [1.29, 1.82) is 0 Å². The summed E-state index contributed by atoms with van der Waals surface area (Å²) in [6.45, 7) is 7.91. The molecule has 0 N–H and O–H groups in total. The highest BCUT2D eigenvalue weighted by atomic mass is 16.5. The van der Waals surface area contributed by atoms with Crippen molar-refractivity contribution in [3.05, 3.63) is 11.5 Å². The Morgan fingerprint density at radius 1 is 1.36 bits per heavy atom. The topological polar surface area (TPSA) is 81.3 Å². The average Bonchev–Trinajstić information content (AvgIpc) is 2.91. The zero-order valence-corrected chi connectivity index (χ0v) is 13.1. The van der Waals surface area contributed by atoms with Crippen molar-refractivity contribution in [2.24, 2.45) is 5.92 Å².